The molecule has 5 rings (SSSR count). The number of pyridine rings is 1. The van der Waals surface area contributed by atoms with Gasteiger partial charge in [0, 0.05) is 42.2 Å². The lowest BCUT2D eigenvalue weighted by atomic mass is 10.0. The largest absolute Gasteiger partial charge is 0.392 e. The van der Waals surface area contributed by atoms with E-state index in [1.807, 2.05) is 0 Å². The molecule has 1 fully saturated rings. The lowest BCUT2D eigenvalue weighted by Gasteiger charge is -2.21. The number of rotatable bonds is 7. The van der Waals surface area contributed by atoms with Crippen LogP contribution in [0.3, 0.4) is 0 Å². The number of carbonyl (C=O) groups is 1. The zero-order valence-electron chi connectivity index (χ0n) is 17.5. The van der Waals surface area contributed by atoms with Gasteiger partial charge in [-0.3, -0.25) is 9.78 Å². The van der Waals surface area contributed by atoms with Crippen LogP contribution >= 0.6 is 0 Å². The van der Waals surface area contributed by atoms with Crippen molar-refractivity contribution in [2.75, 3.05) is 18.1 Å². The lowest BCUT2D eigenvalue weighted by molar-refractivity contribution is -0.117. The molecule has 170 valence electrons. The van der Waals surface area contributed by atoms with Crippen molar-refractivity contribution in [1.82, 2.24) is 20.0 Å². The number of anilines is 1. The second kappa shape index (κ2) is 9.04. The van der Waals surface area contributed by atoms with Crippen molar-refractivity contribution in [2.45, 2.75) is 31.4 Å². The SMILES string of the molecule is O=CC1O[C@@H](Cn2ccnn2)CN1c1ccc(-c2ccc(C3=NO[C@H](CO)C3)nc2)c(F)c1. The van der Waals surface area contributed by atoms with Gasteiger partial charge in [0.05, 0.1) is 31.1 Å². The van der Waals surface area contributed by atoms with Crippen LogP contribution in [0.5, 0.6) is 0 Å². The standard InChI is InChI=1S/C22H21FN6O4/c23-19-7-15(29-11-17(32-22(29)13-31)10-28-6-5-25-27-28)2-3-18(19)14-1-4-20(24-9-14)21-8-16(12-30)33-26-21/h1-7,9,13,16-17,22,30H,8,10-12H2/t16-,17-,22?/m0/s1. The van der Waals surface area contributed by atoms with E-state index in [0.29, 0.717) is 54.0 Å². The third kappa shape index (κ3) is 4.32. The summed E-state index contributed by atoms with van der Waals surface area (Å²) in [7, 11) is 0. The summed E-state index contributed by atoms with van der Waals surface area (Å²) in [5, 5.41) is 20.8. The number of aliphatic hydroxyl groups is 1. The smallest absolute Gasteiger partial charge is 0.187 e. The molecule has 0 spiro atoms. The van der Waals surface area contributed by atoms with Gasteiger partial charge in [0.15, 0.2) is 18.6 Å². The van der Waals surface area contributed by atoms with Crippen LogP contribution in [-0.2, 0) is 20.9 Å². The minimum absolute atomic E-state index is 0.114. The molecule has 3 aromatic rings. The molecule has 2 aromatic heterocycles. The Hall–Kier alpha value is -3.70. The van der Waals surface area contributed by atoms with Gasteiger partial charge in [0.25, 0.3) is 0 Å². The Labute approximate surface area is 188 Å². The number of aromatic nitrogens is 4. The highest BCUT2D eigenvalue weighted by molar-refractivity contribution is 5.99. The van der Waals surface area contributed by atoms with E-state index < -0.39 is 12.0 Å². The predicted octanol–water partition coefficient (Wildman–Crippen LogP) is 1.39. The number of halogens is 1. The number of hydrogen-bond acceptors (Lipinski definition) is 9. The van der Waals surface area contributed by atoms with Gasteiger partial charge in [-0.2, -0.15) is 0 Å². The molecule has 0 saturated carbocycles. The third-order valence-corrected chi connectivity index (χ3v) is 5.61. The molecule has 0 bridgehead atoms. The van der Waals surface area contributed by atoms with E-state index in [2.05, 4.69) is 20.5 Å². The lowest BCUT2D eigenvalue weighted by Crippen LogP contribution is -2.31. The molecule has 1 saturated heterocycles. The molecule has 1 unspecified atom stereocenters. The first-order valence-electron chi connectivity index (χ1n) is 10.5. The Balaban J connectivity index is 1.31. The Morgan fingerprint density at radius 3 is 2.82 bits per heavy atom. The first-order chi connectivity index (χ1) is 16.1. The normalized spacial score (nSPS) is 22.3. The number of nitrogens with zero attached hydrogens (tertiary/aromatic N) is 6. The van der Waals surface area contributed by atoms with Gasteiger partial charge in [-0.1, -0.05) is 16.4 Å². The van der Waals surface area contributed by atoms with Crippen molar-refractivity contribution in [3.63, 3.8) is 0 Å². The molecule has 2 aliphatic rings. The minimum Gasteiger partial charge on any atom is -0.392 e. The number of benzene rings is 1. The summed E-state index contributed by atoms with van der Waals surface area (Å²) < 4.78 is 22.5. The molecule has 1 aromatic carbocycles. The summed E-state index contributed by atoms with van der Waals surface area (Å²) in [6.07, 6.45) is 4.59. The second-order valence-electron chi connectivity index (χ2n) is 7.81. The van der Waals surface area contributed by atoms with E-state index in [-0.39, 0.29) is 18.8 Å². The Bertz CT molecular complexity index is 1150. The number of hydrogen-bond donors (Lipinski definition) is 1. The minimum atomic E-state index is -0.804. The van der Waals surface area contributed by atoms with E-state index >= 15 is 4.39 Å². The summed E-state index contributed by atoms with van der Waals surface area (Å²) >= 11 is 0. The van der Waals surface area contributed by atoms with Gasteiger partial charge >= 0.3 is 0 Å². The molecular weight excluding hydrogens is 431 g/mol. The number of carbonyl (C=O) groups excluding carboxylic acids is 1. The van der Waals surface area contributed by atoms with Crippen LogP contribution in [0.4, 0.5) is 10.1 Å². The molecule has 2 aliphatic heterocycles. The molecular formula is C22H21FN6O4. The van der Waals surface area contributed by atoms with E-state index in [4.69, 9.17) is 14.7 Å². The Morgan fingerprint density at radius 1 is 1.24 bits per heavy atom. The maximum atomic E-state index is 15.0. The van der Waals surface area contributed by atoms with E-state index in [1.54, 1.807) is 52.4 Å². The van der Waals surface area contributed by atoms with Crippen molar-refractivity contribution in [3.8, 4) is 11.1 Å². The van der Waals surface area contributed by atoms with Crippen molar-refractivity contribution in [2.24, 2.45) is 5.16 Å². The average Bonchev–Trinajstić information content (AvgIpc) is 3.60. The van der Waals surface area contributed by atoms with Gasteiger partial charge < -0.3 is 19.6 Å². The highest BCUT2D eigenvalue weighted by Crippen LogP contribution is 2.30. The van der Waals surface area contributed by atoms with Gasteiger partial charge in [0.1, 0.15) is 11.5 Å². The van der Waals surface area contributed by atoms with Crippen LogP contribution in [0.15, 0.2) is 54.1 Å². The molecule has 0 amide bonds. The summed E-state index contributed by atoms with van der Waals surface area (Å²) in [5.41, 5.74) is 2.80. The van der Waals surface area contributed by atoms with E-state index in [1.165, 1.54) is 6.07 Å². The first kappa shape index (κ1) is 21.2. The molecule has 0 radical (unpaired) electrons. The molecule has 4 heterocycles. The van der Waals surface area contributed by atoms with Gasteiger partial charge in [-0.05, 0) is 24.3 Å². The molecule has 11 heteroatoms. The van der Waals surface area contributed by atoms with Crippen LogP contribution in [0.25, 0.3) is 11.1 Å². The summed E-state index contributed by atoms with van der Waals surface area (Å²) in [6.45, 7) is 0.739. The van der Waals surface area contributed by atoms with Crippen LogP contribution in [0.1, 0.15) is 12.1 Å². The highest BCUT2D eigenvalue weighted by Gasteiger charge is 2.33. The monoisotopic (exact) mass is 452 g/mol. The van der Waals surface area contributed by atoms with Crippen molar-refractivity contribution >= 4 is 17.7 Å². The average molecular weight is 452 g/mol. The fourth-order valence-electron chi connectivity index (χ4n) is 3.95. The number of ether oxygens (including phenoxy) is 1. The zero-order valence-corrected chi connectivity index (χ0v) is 17.5. The summed E-state index contributed by atoms with van der Waals surface area (Å²) in [4.78, 5) is 22.8. The van der Waals surface area contributed by atoms with Gasteiger partial charge in [-0.25, -0.2) is 9.07 Å². The Morgan fingerprint density at radius 2 is 2.15 bits per heavy atom. The number of oxime groups is 1. The van der Waals surface area contributed by atoms with E-state index in [9.17, 15) is 4.79 Å². The maximum Gasteiger partial charge on any atom is 0.187 e. The van der Waals surface area contributed by atoms with Crippen molar-refractivity contribution < 1.29 is 23.9 Å². The van der Waals surface area contributed by atoms with Crippen LogP contribution < -0.4 is 4.90 Å². The first-order valence-corrected chi connectivity index (χ1v) is 10.5. The molecule has 0 aliphatic carbocycles. The molecule has 3 atom stereocenters. The number of aldehydes is 1. The fourth-order valence-corrected chi connectivity index (χ4v) is 3.95. The van der Waals surface area contributed by atoms with Crippen LogP contribution in [0.2, 0.25) is 0 Å². The van der Waals surface area contributed by atoms with Crippen LogP contribution in [0, 0.1) is 5.82 Å². The third-order valence-electron chi connectivity index (χ3n) is 5.61. The van der Waals surface area contributed by atoms with E-state index in [0.717, 1.165) is 0 Å². The van der Waals surface area contributed by atoms with Gasteiger partial charge in [0.2, 0.25) is 0 Å². The topological polar surface area (TPSA) is 115 Å². The van der Waals surface area contributed by atoms with Gasteiger partial charge in [-0.15, -0.1) is 5.10 Å². The van der Waals surface area contributed by atoms with Crippen molar-refractivity contribution in [1.29, 1.82) is 0 Å². The molecule has 10 nitrogen and oxygen atoms in total. The zero-order chi connectivity index (χ0) is 22.8. The maximum absolute atomic E-state index is 15.0. The van der Waals surface area contributed by atoms with Crippen LogP contribution in [-0.4, -0.2) is 68.7 Å². The number of aliphatic hydroxyl groups excluding tert-OH is 1. The predicted molar refractivity (Wildman–Crippen MR) is 115 cm³/mol. The Kier molecular flexibility index (Phi) is 5.80. The fraction of sp³-hybridized carbons (Fsp3) is 0.318. The highest BCUT2D eigenvalue weighted by atomic mass is 19.1. The molecule has 33 heavy (non-hydrogen) atoms. The molecule has 1 N–H and O–H groups in total. The summed E-state index contributed by atoms with van der Waals surface area (Å²) in [5.74, 6) is -0.437. The van der Waals surface area contributed by atoms with Crippen molar-refractivity contribution in [3.05, 3.63) is 60.4 Å². The summed E-state index contributed by atoms with van der Waals surface area (Å²) in [6, 6.07) is 8.31. The second-order valence-corrected chi connectivity index (χ2v) is 7.81. The quantitative estimate of drug-likeness (QED) is 0.535.